The summed E-state index contributed by atoms with van der Waals surface area (Å²) in [6, 6.07) is -0.992. The van der Waals surface area contributed by atoms with Gasteiger partial charge in [-0.2, -0.15) is 0 Å². The van der Waals surface area contributed by atoms with Gasteiger partial charge in [0.05, 0.1) is 23.5 Å². The van der Waals surface area contributed by atoms with E-state index in [2.05, 4.69) is 0 Å². The third-order valence-corrected chi connectivity index (χ3v) is 2.23. The number of rotatable bonds is 6. The minimum Gasteiger partial charge on any atom is -0.481 e. The van der Waals surface area contributed by atoms with Crippen molar-refractivity contribution in [3.63, 3.8) is 0 Å². The number of nitrogens with one attached hydrogen (secondary N) is 1. The van der Waals surface area contributed by atoms with E-state index in [1.54, 1.807) is 0 Å². The minimum atomic E-state index is -1.78. The highest BCUT2D eigenvalue weighted by Crippen LogP contribution is 2.25. The monoisotopic (exact) mass is 290 g/mol. The molecule has 0 radical (unpaired) electrons. The maximum Gasteiger partial charge on any atom is 0.326 e. The SMILES string of the molecule is O=C(O)CC(Nc1c(F)cc([N+](=O)[O-])cc1F)C(=O)O. The molecular formula is C10H8F2N2O6. The fraction of sp³-hybridized carbons (Fsp3) is 0.200. The maximum atomic E-state index is 13.5. The number of hydrogen-bond donors (Lipinski definition) is 3. The molecule has 1 aromatic rings. The van der Waals surface area contributed by atoms with Crippen molar-refractivity contribution in [1.29, 1.82) is 0 Å². The second-order valence-corrected chi connectivity index (χ2v) is 3.67. The molecular weight excluding hydrogens is 282 g/mol. The average molecular weight is 290 g/mol. The molecule has 0 aliphatic carbocycles. The number of carbonyl (C=O) groups is 2. The minimum absolute atomic E-state index is 0.394. The van der Waals surface area contributed by atoms with Gasteiger partial charge in [0.25, 0.3) is 5.69 Å². The highest BCUT2D eigenvalue weighted by atomic mass is 19.1. The molecule has 3 N–H and O–H groups in total. The van der Waals surface area contributed by atoms with E-state index >= 15 is 0 Å². The lowest BCUT2D eigenvalue weighted by Gasteiger charge is -2.14. The summed E-state index contributed by atoms with van der Waals surface area (Å²) in [5.74, 6) is -5.92. The van der Waals surface area contributed by atoms with E-state index in [-0.39, 0.29) is 0 Å². The van der Waals surface area contributed by atoms with E-state index in [0.29, 0.717) is 12.1 Å². The summed E-state index contributed by atoms with van der Waals surface area (Å²) < 4.78 is 27.0. The predicted octanol–water partition coefficient (Wildman–Crippen LogP) is 1.21. The van der Waals surface area contributed by atoms with Gasteiger partial charge in [-0.05, 0) is 0 Å². The van der Waals surface area contributed by atoms with Gasteiger partial charge in [-0.1, -0.05) is 0 Å². The third-order valence-electron chi connectivity index (χ3n) is 2.23. The summed E-state index contributed by atoms with van der Waals surface area (Å²) in [4.78, 5) is 30.5. The third kappa shape index (κ3) is 3.60. The van der Waals surface area contributed by atoms with Crippen molar-refractivity contribution >= 4 is 23.3 Å². The Hall–Kier alpha value is -2.78. The zero-order valence-electron chi connectivity index (χ0n) is 9.67. The molecule has 0 amide bonds. The summed E-state index contributed by atoms with van der Waals surface area (Å²) in [6.07, 6.45) is -0.925. The number of nitro benzene ring substituents is 1. The quantitative estimate of drug-likeness (QED) is 0.530. The summed E-state index contributed by atoms with van der Waals surface area (Å²) in [5.41, 5.74) is -1.79. The van der Waals surface area contributed by atoms with Crippen LogP contribution in [-0.4, -0.2) is 33.1 Å². The van der Waals surface area contributed by atoms with Crippen LogP contribution in [0, 0.1) is 21.7 Å². The summed E-state index contributed by atoms with van der Waals surface area (Å²) in [6.45, 7) is 0. The Morgan fingerprint density at radius 2 is 1.80 bits per heavy atom. The standard InChI is InChI=1S/C10H8F2N2O6/c11-5-1-4(14(19)20)2-6(12)9(5)13-7(10(17)18)3-8(15)16/h1-2,7,13H,3H2,(H,15,16)(H,17,18). The van der Waals surface area contributed by atoms with Crippen LogP contribution < -0.4 is 5.32 Å². The molecule has 1 atom stereocenters. The second kappa shape index (κ2) is 5.91. The number of non-ortho nitro benzene ring substituents is 1. The Bertz CT molecular complexity index is 554. The van der Waals surface area contributed by atoms with Crippen LogP contribution in [0.5, 0.6) is 0 Å². The van der Waals surface area contributed by atoms with E-state index in [1.165, 1.54) is 0 Å². The Morgan fingerprint density at radius 1 is 1.30 bits per heavy atom. The van der Waals surface area contributed by atoms with Crippen molar-refractivity contribution in [1.82, 2.24) is 0 Å². The molecule has 10 heteroatoms. The van der Waals surface area contributed by atoms with Crippen LogP contribution in [-0.2, 0) is 9.59 Å². The molecule has 108 valence electrons. The number of nitro groups is 1. The number of nitrogens with zero attached hydrogens (tertiary/aromatic N) is 1. The van der Waals surface area contributed by atoms with Gasteiger partial charge in [-0.3, -0.25) is 14.9 Å². The first kappa shape index (κ1) is 15.3. The molecule has 0 heterocycles. The van der Waals surface area contributed by atoms with Gasteiger partial charge in [0.1, 0.15) is 11.7 Å². The van der Waals surface area contributed by atoms with Crippen molar-refractivity contribution in [3.8, 4) is 0 Å². The van der Waals surface area contributed by atoms with Crippen molar-refractivity contribution in [2.75, 3.05) is 5.32 Å². The highest BCUT2D eigenvalue weighted by Gasteiger charge is 2.25. The van der Waals surface area contributed by atoms with E-state index in [0.717, 1.165) is 0 Å². The predicted molar refractivity (Wildman–Crippen MR) is 60.3 cm³/mol. The van der Waals surface area contributed by atoms with Gasteiger partial charge in [0.15, 0.2) is 11.6 Å². The van der Waals surface area contributed by atoms with Gasteiger partial charge >= 0.3 is 11.9 Å². The summed E-state index contributed by atoms with van der Waals surface area (Å²) >= 11 is 0. The number of halogens is 2. The van der Waals surface area contributed by atoms with E-state index in [9.17, 15) is 28.5 Å². The fourth-order valence-electron chi connectivity index (χ4n) is 1.35. The number of hydrogen-bond acceptors (Lipinski definition) is 5. The van der Waals surface area contributed by atoms with Crippen LogP contribution in [0.15, 0.2) is 12.1 Å². The van der Waals surface area contributed by atoms with Crippen molar-refractivity contribution in [2.24, 2.45) is 0 Å². The molecule has 0 aliphatic heterocycles. The Balaban J connectivity index is 3.10. The zero-order valence-corrected chi connectivity index (χ0v) is 9.67. The smallest absolute Gasteiger partial charge is 0.326 e. The topological polar surface area (TPSA) is 130 Å². The number of aliphatic carboxylic acids is 2. The van der Waals surface area contributed by atoms with Gasteiger partial charge in [0, 0.05) is 0 Å². The Morgan fingerprint density at radius 3 is 2.15 bits per heavy atom. The van der Waals surface area contributed by atoms with Crippen LogP contribution in [0.2, 0.25) is 0 Å². The molecule has 8 nitrogen and oxygen atoms in total. The lowest BCUT2D eigenvalue weighted by atomic mass is 10.1. The van der Waals surface area contributed by atoms with Crippen molar-refractivity contribution in [2.45, 2.75) is 12.5 Å². The van der Waals surface area contributed by atoms with Crippen molar-refractivity contribution < 1.29 is 33.5 Å². The van der Waals surface area contributed by atoms with Crippen molar-refractivity contribution in [3.05, 3.63) is 33.9 Å². The maximum absolute atomic E-state index is 13.5. The normalized spacial score (nSPS) is 11.7. The zero-order chi connectivity index (χ0) is 15.4. The molecule has 0 saturated heterocycles. The molecule has 0 aliphatic rings. The molecule has 1 rings (SSSR count). The molecule has 0 bridgehead atoms. The van der Waals surface area contributed by atoms with Gasteiger partial charge in [-0.25, -0.2) is 13.6 Å². The molecule has 0 saturated carbocycles. The summed E-state index contributed by atoms with van der Waals surface area (Å²) in [5, 5.41) is 29.4. The van der Waals surface area contributed by atoms with Gasteiger partial charge < -0.3 is 15.5 Å². The number of benzene rings is 1. The molecule has 0 spiro atoms. The Labute approximate surface area is 109 Å². The van der Waals surface area contributed by atoms with E-state index in [4.69, 9.17) is 10.2 Å². The van der Waals surface area contributed by atoms with Gasteiger partial charge in [0.2, 0.25) is 0 Å². The van der Waals surface area contributed by atoms with Crippen LogP contribution in [0.3, 0.4) is 0 Å². The molecule has 1 unspecified atom stereocenters. The molecule has 0 aromatic heterocycles. The second-order valence-electron chi connectivity index (χ2n) is 3.67. The fourth-order valence-corrected chi connectivity index (χ4v) is 1.35. The molecule has 20 heavy (non-hydrogen) atoms. The first-order valence-electron chi connectivity index (χ1n) is 5.07. The largest absolute Gasteiger partial charge is 0.481 e. The van der Waals surface area contributed by atoms with Gasteiger partial charge in [-0.15, -0.1) is 0 Å². The lowest BCUT2D eigenvalue weighted by molar-refractivity contribution is -0.385. The van der Waals surface area contributed by atoms with Crippen LogP contribution >= 0.6 is 0 Å². The molecule has 0 fully saturated rings. The number of anilines is 1. The average Bonchev–Trinajstić information content (AvgIpc) is 2.30. The van der Waals surface area contributed by atoms with E-state index < -0.39 is 52.3 Å². The van der Waals surface area contributed by atoms with Crippen LogP contribution in [0.4, 0.5) is 20.2 Å². The Kier molecular flexibility index (Phi) is 4.51. The highest BCUT2D eigenvalue weighted by molar-refractivity contribution is 5.83. The summed E-state index contributed by atoms with van der Waals surface area (Å²) in [7, 11) is 0. The van der Waals surface area contributed by atoms with E-state index in [1.807, 2.05) is 5.32 Å². The first-order valence-corrected chi connectivity index (χ1v) is 5.07. The first-order chi connectivity index (χ1) is 9.22. The van der Waals surface area contributed by atoms with Crippen LogP contribution in [0.1, 0.15) is 6.42 Å². The number of carboxylic acids is 2. The number of carboxylic acid groups (broad SMARTS) is 2. The molecule has 1 aromatic carbocycles. The van der Waals surface area contributed by atoms with Crippen LogP contribution in [0.25, 0.3) is 0 Å². The lowest BCUT2D eigenvalue weighted by Crippen LogP contribution is -2.32.